The molecular weight excluding hydrogens is 320 g/mol. The first kappa shape index (κ1) is 16.1. The van der Waals surface area contributed by atoms with Crippen LogP contribution in [0.5, 0.6) is 0 Å². The van der Waals surface area contributed by atoms with Crippen molar-refractivity contribution in [2.45, 2.75) is 65.1 Å². The Bertz CT molecular complexity index is 653. The summed E-state index contributed by atoms with van der Waals surface area (Å²) in [5.74, 6) is -0.861. The Kier molecular flexibility index (Phi) is 13.0. The Hall–Kier alpha value is -2.09. The number of esters is 1. The minimum Gasteiger partial charge on any atom is -0.466 e. The second-order valence-corrected chi connectivity index (χ2v) is 5.53. The van der Waals surface area contributed by atoms with E-state index in [1.807, 2.05) is 12.2 Å². The van der Waals surface area contributed by atoms with Gasteiger partial charge in [0.1, 0.15) is 0 Å². The van der Waals surface area contributed by atoms with Crippen molar-refractivity contribution in [1.29, 1.82) is 0 Å². The molecule has 0 aliphatic heterocycles. The summed E-state index contributed by atoms with van der Waals surface area (Å²) in [6.45, 7) is -3.81. The number of hydrogen-bond acceptors (Lipinski definition) is 2. The molecule has 0 aromatic rings. The average Bonchev–Trinajstić information content (AvgIpc) is 2.68. The van der Waals surface area contributed by atoms with Gasteiger partial charge in [0.2, 0.25) is 0 Å². The standard InChI is InChI=1S/C24H36O2/c1-3-5-6-7-8-9-10-11-12-13-14-15-16-17-18-19-20-21-22-23-24(25)26-4-2/h5-6,8-9,11-12,14-15,17-18,20-21H,3-4,7,10,13,16,19,22-23H2,1-2H3/b6-5-,9-8-,12-11-,15-14-,18-17-,21-20-/i2D3,4D2. The summed E-state index contributed by atoms with van der Waals surface area (Å²) in [5.41, 5.74) is 0. The normalized spacial score (nSPS) is 16.7. The van der Waals surface area contributed by atoms with Gasteiger partial charge in [-0.1, -0.05) is 79.8 Å². The van der Waals surface area contributed by atoms with Gasteiger partial charge in [0.05, 0.1) is 9.30 Å². The number of carbonyl (C=O) groups excluding carboxylic acids is 1. The molecule has 0 heterocycles. The van der Waals surface area contributed by atoms with Crippen LogP contribution >= 0.6 is 0 Å². The molecule has 26 heavy (non-hydrogen) atoms. The summed E-state index contributed by atoms with van der Waals surface area (Å²) in [7, 11) is 0. The second-order valence-electron chi connectivity index (χ2n) is 5.53. The molecule has 0 rings (SSSR count). The molecular formula is C24H36O2. The zero-order chi connectivity index (χ0) is 23.4. The van der Waals surface area contributed by atoms with E-state index in [1.54, 1.807) is 6.08 Å². The Balaban J connectivity index is 3.78. The molecule has 0 aromatic heterocycles. The van der Waals surface area contributed by atoms with Gasteiger partial charge in [0.25, 0.3) is 0 Å². The van der Waals surface area contributed by atoms with Crippen LogP contribution in [0.15, 0.2) is 72.9 Å². The van der Waals surface area contributed by atoms with Crippen LogP contribution in [0.4, 0.5) is 0 Å². The fraction of sp³-hybridized carbons (Fsp3) is 0.458. The highest BCUT2D eigenvalue weighted by Gasteiger charge is 1.97. The maximum Gasteiger partial charge on any atom is 0.306 e. The van der Waals surface area contributed by atoms with Gasteiger partial charge in [0.15, 0.2) is 0 Å². The van der Waals surface area contributed by atoms with E-state index in [-0.39, 0.29) is 6.42 Å². The predicted octanol–water partition coefficient (Wildman–Crippen LogP) is 7.03. The number of allylic oxidation sites excluding steroid dienone is 12. The van der Waals surface area contributed by atoms with E-state index >= 15 is 0 Å². The maximum atomic E-state index is 11.5. The molecule has 0 saturated heterocycles. The van der Waals surface area contributed by atoms with Gasteiger partial charge >= 0.3 is 5.97 Å². The van der Waals surface area contributed by atoms with E-state index in [4.69, 9.17) is 6.85 Å². The second kappa shape index (κ2) is 21.0. The first-order valence-electron chi connectivity index (χ1n) is 11.8. The first-order valence-corrected chi connectivity index (χ1v) is 9.32. The van der Waals surface area contributed by atoms with Crippen LogP contribution < -0.4 is 0 Å². The van der Waals surface area contributed by atoms with Crippen molar-refractivity contribution >= 4 is 5.97 Å². The highest BCUT2D eigenvalue weighted by Crippen LogP contribution is 1.98. The van der Waals surface area contributed by atoms with E-state index in [0.717, 1.165) is 38.5 Å². The van der Waals surface area contributed by atoms with Crippen molar-refractivity contribution in [2.24, 2.45) is 0 Å². The van der Waals surface area contributed by atoms with Crippen LogP contribution in [0.2, 0.25) is 0 Å². The van der Waals surface area contributed by atoms with Gasteiger partial charge in [0, 0.05) is 10.5 Å². The fourth-order valence-electron chi connectivity index (χ4n) is 1.95. The van der Waals surface area contributed by atoms with Crippen LogP contribution in [-0.2, 0) is 9.53 Å². The van der Waals surface area contributed by atoms with Gasteiger partial charge in [-0.25, -0.2) is 0 Å². The third-order valence-corrected chi connectivity index (χ3v) is 3.28. The first-order chi connectivity index (χ1) is 14.7. The van der Waals surface area contributed by atoms with Gasteiger partial charge in [-0.05, 0) is 51.8 Å². The lowest BCUT2D eigenvalue weighted by Gasteiger charge is -1.97. The third-order valence-electron chi connectivity index (χ3n) is 3.28. The Morgan fingerprint density at radius 3 is 1.62 bits per heavy atom. The van der Waals surface area contributed by atoms with Crippen molar-refractivity contribution < 1.29 is 16.4 Å². The third kappa shape index (κ3) is 20.0. The zero-order valence-corrected chi connectivity index (χ0v) is 15.9. The van der Waals surface area contributed by atoms with E-state index in [1.165, 1.54) is 0 Å². The number of ether oxygens (including phenoxy) is 1. The minimum absolute atomic E-state index is 0.0578. The van der Waals surface area contributed by atoms with Gasteiger partial charge in [-0.3, -0.25) is 4.79 Å². The highest BCUT2D eigenvalue weighted by atomic mass is 16.5. The predicted molar refractivity (Wildman–Crippen MR) is 114 cm³/mol. The summed E-state index contributed by atoms with van der Waals surface area (Å²) in [5, 5.41) is 0. The molecule has 0 fully saturated rings. The number of rotatable bonds is 15. The SMILES string of the molecule is [2H]C([2H])([2H])C([2H])([2H])OC(=O)CC/C=C\C/C=C\C/C=C\C/C=C\C/C=C\C/C=C\CC. The van der Waals surface area contributed by atoms with Crippen LogP contribution in [-0.4, -0.2) is 12.5 Å². The number of hydrogen-bond donors (Lipinski definition) is 0. The molecule has 0 radical (unpaired) electrons. The zero-order valence-electron chi connectivity index (χ0n) is 20.9. The van der Waals surface area contributed by atoms with Crippen LogP contribution in [0, 0.1) is 0 Å². The van der Waals surface area contributed by atoms with E-state index in [9.17, 15) is 4.79 Å². The van der Waals surface area contributed by atoms with Crippen molar-refractivity contribution in [2.75, 3.05) is 6.56 Å². The van der Waals surface area contributed by atoms with Gasteiger partial charge < -0.3 is 4.74 Å². The molecule has 0 N–H and O–H groups in total. The summed E-state index contributed by atoms with van der Waals surface area (Å²) < 4.78 is 39.9. The maximum absolute atomic E-state index is 11.5. The fourth-order valence-corrected chi connectivity index (χ4v) is 1.95. The van der Waals surface area contributed by atoms with Crippen molar-refractivity contribution in [3.8, 4) is 0 Å². The molecule has 0 spiro atoms. The van der Waals surface area contributed by atoms with Gasteiger partial charge in [-0.15, -0.1) is 0 Å². The van der Waals surface area contributed by atoms with E-state index in [0.29, 0.717) is 6.42 Å². The van der Waals surface area contributed by atoms with Gasteiger partial charge in [-0.2, -0.15) is 0 Å². The molecule has 0 unspecified atom stereocenters. The lowest BCUT2D eigenvalue weighted by atomic mass is 10.2. The molecule has 0 saturated carbocycles. The summed E-state index contributed by atoms with van der Waals surface area (Å²) in [6, 6.07) is 0. The van der Waals surface area contributed by atoms with Crippen LogP contribution in [0.25, 0.3) is 0 Å². The van der Waals surface area contributed by atoms with Crippen LogP contribution in [0.1, 0.15) is 72.0 Å². The molecule has 2 heteroatoms. The summed E-state index contributed by atoms with van der Waals surface area (Å²) >= 11 is 0. The summed E-state index contributed by atoms with van der Waals surface area (Å²) in [6.07, 6.45) is 31.0. The highest BCUT2D eigenvalue weighted by molar-refractivity contribution is 5.69. The van der Waals surface area contributed by atoms with Crippen molar-refractivity contribution in [3.63, 3.8) is 0 Å². The minimum atomic E-state index is -2.99. The Labute approximate surface area is 167 Å². The monoisotopic (exact) mass is 361 g/mol. The largest absolute Gasteiger partial charge is 0.466 e. The number of carbonyl (C=O) groups is 1. The molecule has 2 nitrogen and oxygen atoms in total. The molecule has 0 amide bonds. The summed E-state index contributed by atoms with van der Waals surface area (Å²) in [4.78, 5) is 11.5. The molecule has 0 aliphatic rings. The molecule has 0 aliphatic carbocycles. The smallest absolute Gasteiger partial charge is 0.306 e. The molecule has 144 valence electrons. The van der Waals surface area contributed by atoms with E-state index < -0.39 is 19.4 Å². The lowest BCUT2D eigenvalue weighted by molar-refractivity contribution is -0.142. The Morgan fingerprint density at radius 1 is 0.769 bits per heavy atom. The van der Waals surface area contributed by atoms with E-state index in [2.05, 4.69) is 66.3 Å². The Morgan fingerprint density at radius 2 is 1.19 bits per heavy atom. The van der Waals surface area contributed by atoms with Crippen molar-refractivity contribution in [1.82, 2.24) is 0 Å². The average molecular weight is 362 g/mol. The molecule has 0 aromatic carbocycles. The lowest BCUT2D eigenvalue weighted by Crippen LogP contribution is -2.02. The van der Waals surface area contributed by atoms with Crippen molar-refractivity contribution in [3.05, 3.63) is 72.9 Å². The topological polar surface area (TPSA) is 26.3 Å². The van der Waals surface area contributed by atoms with Crippen LogP contribution in [0.3, 0.4) is 0 Å². The molecule has 0 bridgehead atoms. The molecule has 0 atom stereocenters. The quantitative estimate of drug-likeness (QED) is 0.231.